The fourth-order valence-electron chi connectivity index (χ4n) is 2.32. The number of benzene rings is 1. The summed E-state index contributed by atoms with van der Waals surface area (Å²) in [6, 6.07) is 6.17. The van der Waals surface area contributed by atoms with Gasteiger partial charge < -0.3 is 10.1 Å². The van der Waals surface area contributed by atoms with Crippen LogP contribution in [0.25, 0.3) is 0 Å². The highest BCUT2D eigenvalue weighted by molar-refractivity contribution is 5.81. The van der Waals surface area contributed by atoms with Gasteiger partial charge in [0.2, 0.25) is 0 Å². The Labute approximate surface area is 133 Å². The minimum Gasteiger partial charge on any atom is -0.478 e. The normalized spacial score (nSPS) is 13.5. The molecule has 0 aliphatic rings. The summed E-state index contributed by atoms with van der Waals surface area (Å²) in [4.78, 5) is 12.2. The summed E-state index contributed by atoms with van der Waals surface area (Å²) in [5.74, 6) is 0.0150. The van der Waals surface area contributed by atoms with E-state index >= 15 is 0 Å². The minimum atomic E-state index is -0.652. The predicted octanol–water partition coefficient (Wildman–Crippen LogP) is 4.32. The first-order chi connectivity index (χ1) is 10.6. The highest BCUT2D eigenvalue weighted by atomic mass is 19.1. The number of ether oxygens (including phenoxy) is 1. The van der Waals surface area contributed by atoms with Crippen molar-refractivity contribution in [2.75, 3.05) is 6.54 Å². The second-order valence-electron chi connectivity index (χ2n) is 5.61. The Balaban J connectivity index is 2.52. The lowest BCUT2D eigenvalue weighted by Crippen LogP contribution is -2.40. The van der Waals surface area contributed by atoms with Gasteiger partial charge in [-0.05, 0) is 30.9 Å². The molecule has 1 aromatic rings. The Bertz CT molecular complexity index is 450. The van der Waals surface area contributed by atoms with E-state index in [1.54, 1.807) is 18.2 Å². The molecule has 1 N–H and O–H groups in total. The third kappa shape index (κ3) is 6.04. The average Bonchev–Trinajstić information content (AvgIpc) is 2.54. The zero-order valence-corrected chi connectivity index (χ0v) is 13.9. The summed E-state index contributed by atoms with van der Waals surface area (Å²) in [5, 5.41) is 2.95. The third-order valence-electron chi connectivity index (χ3n) is 3.88. The van der Waals surface area contributed by atoms with Crippen molar-refractivity contribution < 1.29 is 13.9 Å². The van der Waals surface area contributed by atoms with E-state index in [9.17, 15) is 9.18 Å². The van der Waals surface area contributed by atoms with Gasteiger partial charge in [-0.3, -0.25) is 4.79 Å². The van der Waals surface area contributed by atoms with Crippen LogP contribution in [0, 0.1) is 11.7 Å². The summed E-state index contributed by atoms with van der Waals surface area (Å²) in [6.45, 7) is 6.83. The smallest absolute Gasteiger partial charge is 0.261 e. The van der Waals surface area contributed by atoms with Crippen LogP contribution in [0.15, 0.2) is 24.3 Å². The molecule has 0 saturated heterocycles. The van der Waals surface area contributed by atoms with Gasteiger partial charge in [-0.15, -0.1) is 0 Å². The Hall–Kier alpha value is -1.58. The standard InChI is InChI=1S/C18H28FNO2/c1-4-7-10-14(5-2)13-20-18(21)16(6-3)22-17-12-9-8-11-15(17)19/h8-9,11-12,14,16H,4-7,10,13H2,1-3H3,(H,20,21)/t14-,16+/m1/s1. The lowest BCUT2D eigenvalue weighted by atomic mass is 9.99. The fourth-order valence-corrected chi connectivity index (χ4v) is 2.32. The molecule has 0 heterocycles. The summed E-state index contributed by atoms with van der Waals surface area (Å²) < 4.78 is 19.1. The maximum Gasteiger partial charge on any atom is 0.261 e. The maximum absolute atomic E-state index is 13.6. The quantitative estimate of drug-likeness (QED) is 0.699. The van der Waals surface area contributed by atoms with Crippen LogP contribution in [0.2, 0.25) is 0 Å². The van der Waals surface area contributed by atoms with Gasteiger partial charge in [-0.2, -0.15) is 0 Å². The van der Waals surface area contributed by atoms with Crippen molar-refractivity contribution in [3.63, 3.8) is 0 Å². The van der Waals surface area contributed by atoms with Gasteiger partial charge in [-0.1, -0.05) is 52.2 Å². The first-order valence-corrected chi connectivity index (χ1v) is 8.31. The van der Waals surface area contributed by atoms with Crippen molar-refractivity contribution >= 4 is 5.91 Å². The molecule has 1 amide bonds. The number of unbranched alkanes of at least 4 members (excludes halogenated alkanes) is 1. The van der Waals surface area contributed by atoms with E-state index in [4.69, 9.17) is 4.74 Å². The summed E-state index contributed by atoms with van der Waals surface area (Å²) in [7, 11) is 0. The second kappa shape index (κ2) is 10.2. The summed E-state index contributed by atoms with van der Waals surface area (Å²) in [6.07, 6.45) is 4.37. The number of halogens is 1. The monoisotopic (exact) mass is 309 g/mol. The van der Waals surface area contributed by atoms with Gasteiger partial charge in [0, 0.05) is 6.54 Å². The molecule has 0 spiro atoms. The van der Waals surface area contributed by atoms with Crippen LogP contribution < -0.4 is 10.1 Å². The Morgan fingerprint density at radius 2 is 1.95 bits per heavy atom. The maximum atomic E-state index is 13.6. The topological polar surface area (TPSA) is 38.3 Å². The SMILES string of the molecule is CCCC[C@@H](CC)CNC(=O)[C@H](CC)Oc1ccccc1F. The number of hydrogen-bond acceptors (Lipinski definition) is 2. The van der Waals surface area contributed by atoms with Gasteiger partial charge in [0.05, 0.1) is 0 Å². The Morgan fingerprint density at radius 3 is 2.55 bits per heavy atom. The van der Waals surface area contributed by atoms with Crippen molar-refractivity contribution in [2.24, 2.45) is 5.92 Å². The lowest BCUT2D eigenvalue weighted by Gasteiger charge is -2.20. The van der Waals surface area contributed by atoms with Crippen LogP contribution >= 0.6 is 0 Å². The van der Waals surface area contributed by atoms with E-state index in [1.165, 1.54) is 18.9 Å². The Morgan fingerprint density at radius 1 is 1.23 bits per heavy atom. The fraction of sp³-hybridized carbons (Fsp3) is 0.611. The van der Waals surface area contributed by atoms with Gasteiger partial charge in [-0.25, -0.2) is 4.39 Å². The molecule has 1 rings (SSSR count). The molecular weight excluding hydrogens is 281 g/mol. The van der Waals surface area contributed by atoms with Gasteiger partial charge in [0.1, 0.15) is 0 Å². The van der Waals surface area contributed by atoms with Crippen molar-refractivity contribution in [3.05, 3.63) is 30.1 Å². The predicted molar refractivity (Wildman–Crippen MR) is 87.4 cm³/mol. The zero-order valence-electron chi connectivity index (χ0n) is 13.9. The number of amides is 1. The number of nitrogens with one attached hydrogen (secondary N) is 1. The minimum absolute atomic E-state index is 0.127. The van der Waals surface area contributed by atoms with Gasteiger partial charge in [0.15, 0.2) is 17.7 Å². The van der Waals surface area contributed by atoms with Crippen LogP contribution in [-0.2, 0) is 4.79 Å². The molecule has 1 aromatic carbocycles. The van der Waals surface area contributed by atoms with Gasteiger partial charge in [0.25, 0.3) is 5.91 Å². The molecule has 22 heavy (non-hydrogen) atoms. The molecule has 0 unspecified atom stereocenters. The molecule has 2 atom stereocenters. The van der Waals surface area contributed by atoms with Crippen LogP contribution in [-0.4, -0.2) is 18.6 Å². The van der Waals surface area contributed by atoms with Crippen LogP contribution in [0.3, 0.4) is 0 Å². The van der Waals surface area contributed by atoms with E-state index < -0.39 is 11.9 Å². The zero-order chi connectivity index (χ0) is 16.4. The largest absolute Gasteiger partial charge is 0.478 e. The molecule has 0 saturated carbocycles. The van der Waals surface area contributed by atoms with E-state index in [-0.39, 0.29) is 11.7 Å². The van der Waals surface area contributed by atoms with Crippen molar-refractivity contribution in [1.29, 1.82) is 0 Å². The molecule has 4 heteroatoms. The van der Waals surface area contributed by atoms with E-state index in [0.717, 1.165) is 12.8 Å². The van der Waals surface area contributed by atoms with E-state index in [1.807, 2.05) is 6.92 Å². The number of carbonyl (C=O) groups excluding carboxylic acids is 1. The molecule has 0 aromatic heterocycles. The highest BCUT2D eigenvalue weighted by Crippen LogP contribution is 2.18. The molecule has 0 aliphatic heterocycles. The molecular formula is C18H28FNO2. The van der Waals surface area contributed by atoms with Crippen molar-refractivity contribution in [2.45, 2.75) is 59.0 Å². The second-order valence-corrected chi connectivity index (χ2v) is 5.61. The van der Waals surface area contributed by atoms with Crippen LogP contribution in [0.1, 0.15) is 52.9 Å². The van der Waals surface area contributed by atoms with E-state index in [0.29, 0.717) is 18.9 Å². The number of carbonyl (C=O) groups is 1. The molecule has 0 radical (unpaired) electrons. The summed E-state index contributed by atoms with van der Waals surface area (Å²) >= 11 is 0. The molecule has 3 nitrogen and oxygen atoms in total. The number of hydrogen-bond donors (Lipinski definition) is 1. The number of rotatable bonds is 10. The lowest BCUT2D eigenvalue weighted by molar-refractivity contribution is -0.128. The number of para-hydroxylation sites is 1. The Kier molecular flexibility index (Phi) is 8.56. The molecule has 0 aliphatic carbocycles. The van der Waals surface area contributed by atoms with Crippen LogP contribution in [0.4, 0.5) is 4.39 Å². The molecule has 0 fully saturated rings. The van der Waals surface area contributed by atoms with E-state index in [2.05, 4.69) is 19.2 Å². The van der Waals surface area contributed by atoms with Crippen molar-refractivity contribution in [3.8, 4) is 5.75 Å². The highest BCUT2D eigenvalue weighted by Gasteiger charge is 2.20. The average molecular weight is 309 g/mol. The third-order valence-corrected chi connectivity index (χ3v) is 3.88. The van der Waals surface area contributed by atoms with Crippen molar-refractivity contribution in [1.82, 2.24) is 5.32 Å². The van der Waals surface area contributed by atoms with Gasteiger partial charge >= 0.3 is 0 Å². The first kappa shape index (κ1) is 18.5. The molecule has 124 valence electrons. The first-order valence-electron chi connectivity index (χ1n) is 8.31. The molecule has 0 bridgehead atoms. The van der Waals surface area contributed by atoms with Crippen LogP contribution in [0.5, 0.6) is 5.75 Å². The summed E-state index contributed by atoms with van der Waals surface area (Å²) in [5.41, 5.74) is 0.